The Balaban J connectivity index is 0.000000151. The molecule has 3 N–H and O–H groups in total. The van der Waals surface area contributed by atoms with Gasteiger partial charge in [-0.15, -0.1) is 0 Å². The standard InChI is InChI=1S/C11H13N5O.C10H11N/c12-9-7-13-8-1-2-10(15-11(8)14-9)16-3-5-17-6-4-16;1-2-8-3-4-10-9(7-8)5-6-11-10/h1-2,7H,3-6H2,(H2,12,14,15);3-7,11H,2H2,1H3. The second kappa shape index (κ2) is 8.22. The summed E-state index contributed by atoms with van der Waals surface area (Å²) in [4.78, 5) is 18.2. The van der Waals surface area contributed by atoms with Crippen LogP contribution in [0.2, 0.25) is 0 Å². The highest BCUT2D eigenvalue weighted by Gasteiger charge is 2.13. The Labute approximate surface area is 163 Å². The number of nitrogens with zero attached hydrogens (tertiary/aromatic N) is 4. The highest BCUT2D eigenvalue weighted by atomic mass is 16.5. The van der Waals surface area contributed by atoms with Gasteiger partial charge in [0.2, 0.25) is 0 Å². The van der Waals surface area contributed by atoms with E-state index >= 15 is 0 Å². The lowest BCUT2D eigenvalue weighted by Crippen LogP contribution is -2.36. The van der Waals surface area contributed by atoms with Crippen LogP contribution in [0.4, 0.5) is 11.6 Å². The van der Waals surface area contributed by atoms with E-state index in [0.717, 1.165) is 44.1 Å². The zero-order valence-electron chi connectivity index (χ0n) is 15.9. The number of hydrogen-bond donors (Lipinski definition) is 2. The summed E-state index contributed by atoms with van der Waals surface area (Å²) in [5.74, 6) is 1.30. The van der Waals surface area contributed by atoms with Gasteiger partial charge in [-0.3, -0.25) is 0 Å². The molecular weight excluding hydrogens is 352 g/mol. The number of rotatable bonds is 2. The van der Waals surface area contributed by atoms with E-state index in [1.807, 2.05) is 18.3 Å². The number of pyridine rings is 1. The molecule has 1 aliphatic heterocycles. The van der Waals surface area contributed by atoms with Gasteiger partial charge in [0.25, 0.3) is 0 Å². The minimum absolute atomic E-state index is 0.393. The Kier molecular flexibility index (Phi) is 5.34. The average molecular weight is 376 g/mol. The Morgan fingerprint density at radius 3 is 2.79 bits per heavy atom. The van der Waals surface area contributed by atoms with Gasteiger partial charge in [0, 0.05) is 24.8 Å². The number of nitrogens with one attached hydrogen (secondary N) is 1. The maximum atomic E-state index is 5.61. The summed E-state index contributed by atoms with van der Waals surface area (Å²) in [5, 5.41) is 1.31. The number of nitrogen functional groups attached to an aromatic ring is 1. The van der Waals surface area contributed by atoms with Gasteiger partial charge in [0.1, 0.15) is 17.2 Å². The molecule has 4 aromatic rings. The number of aromatic amines is 1. The summed E-state index contributed by atoms with van der Waals surface area (Å²) < 4.78 is 5.31. The molecule has 0 spiro atoms. The molecule has 1 saturated heterocycles. The number of fused-ring (bicyclic) bond motifs is 2. The summed E-state index contributed by atoms with van der Waals surface area (Å²) >= 11 is 0. The number of aryl methyl sites for hydroxylation is 1. The molecule has 0 bridgehead atoms. The van der Waals surface area contributed by atoms with Crippen LogP contribution in [0.1, 0.15) is 12.5 Å². The normalized spacial score (nSPS) is 14.1. The molecule has 4 heterocycles. The molecule has 28 heavy (non-hydrogen) atoms. The third kappa shape index (κ3) is 4.04. The van der Waals surface area contributed by atoms with Crippen LogP contribution < -0.4 is 10.6 Å². The van der Waals surface area contributed by atoms with Crippen LogP contribution in [0.3, 0.4) is 0 Å². The van der Waals surface area contributed by atoms with Gasteiger partial charge in [0.05, 0.1) is 19.4 Å². The summed E-state index contributed by atoms with van der Waals surface area (Å²) in [5.41, 5.74) is 9.58. The van der Waals surface area contributed by atoms with Crippen LogP contribution in [0, 0.1) is 0 Å². The molecule has 1 aliphatic rings. The number of hydrogen-bond acceptors (Lipinski definition) is 6. The van der Waals surface area contributed by atoms with Crippen molar-refractivity contribution in [1.29, 1.82) is 0 Å². The third-order valence-electron chi connectivity index (χ3n) is 4.77. The molecule has 0 unspecified atom stereocenters. The second-order valence-electron chi connectivity index (χ2n) is 6.66. The van der Waals surface area contributed by atoms with E-state index in [4.69, 9.17) is 10.5 Å². The monoisotopic (exact) mass is 376 g/mol. The van der Waals surface area contributed by atoms with Crippen molar-refractivity contribution < 1.29 is 4.74 Å². The smallest absolute Gasteiger partial charge is 0.182 e. The molecule has 1 aromatic carbocycles. The van der Waals surface area contributed by atoms with E-state index in [1.54, 1.807) is 6.20 Å². The third-order valence-corrected chi connectivity index (χ3v) is 4.77. The van der Waals surface area contributed by atoms with Crippen molar-refractivity contribution >= 4 is 33.7 Å². The molecule has 1 fully saturated rings. The van der Waals surface area contributed by atoms with Crippen molar-refractivity contribution in [2.45, 2.75) is 13.3 Å². The van der Waals surface area contributed by atoms with Gasteiger partial charge in [-0.2, -0.15) is 0 Å². The first-order valence-corrected chi connectivity index (χ1v) is 9.51. The molecular formula is C21H24N6O. The summed E-state index contributed by atoms with van der Waals surface area (Å²) in [7, 11) is 0. The molecule has 7 heteroatoms. The van der Waals surface area contributed by atoms with E-state index in [0.29, 0.717) is 11.5 Å². The van der Waals surface area contributed by atoms with Gasteiger partial charge in [-0.05, 0) is 47.7 Å². The summed E-state index contributed by atoms with van der Waals surface area (Å²) in [6.45, 7) is 5.36. The van der Waals surface area contributed by atoms with E-state index in [9.17, 15) is 0 Å². The highest BCUT2D eigenvalue weighted by molar-refractivity contribution is 5.79. The second-order valence-corrected chi connectivity index (χ2v) is 6.66. The summed E-state index contributed by atoms with van der Waals surface area (Å²) in [6, 6.07) is 12.5. The number of ether oxygens (including phenoxy) is 1. The zero-order chi connectivity index (χ0) is 19.3. The van der Waals surface area contributed by atoms with Gasteiger partial charge in [-0.1, -0.05) is 13.0 Å². The van der Waals surface area contributed by atoms with Crippen molar-refractivity contribution in [3.63, 3.8) is 0 Å². The highest BCUT2D eigenvalue weighted by Crippen LogP contribution is 2.17. The fourth-order valence-electron chi connectivity index (χ4n) is 3.19. The van der Waals surface area contributed by atoms with Crippen LogP contribution in [-0.4, -0.2) is 46.2 Å². The largest absolute Gasteiger partial charge is 0.382 e. The van der Waals surface area contributed by atoms with Crippen molar-refractivity contribution in [3.8, 4) is 0 Å². The van der Waals surface area contributed by atoms with Crippen molar-refractivity contribution in [3.05, 3.63) is 54.4 Å². The fourth-order valence-corrected chi connectivity index (χ4v) is 3.19. The predicted molar refractivity (Wildman–Crippen MR) is 112 cm³/mol. The lowest BCUT2D eigenvalue weighted by atomic mass is 10.1. The molecule has 3 aromatic heterocycles. The Morgan fingerprint density at radius 2 is 1.96 bits per heavy atom. The molecule has 0 atom stereocenters. The quantitative estimate of drug-likeness (QED) is 0.558. The minimum atomic E-state index is 0.393. The maximum absolute atomic E-state index is 5.61. The molecule has 144 valence electrons. The maximum Gasteiger partial charge on any atom is 0.182 e. The first-order chi connectivity index (χ1) is 13.7. The van der Waals surface area contributed by atoms with Crippen molar-refractivity contribution in [2.24, 2.45) is 0 Å². The van der Waals surface area contributed by atoms with Crippen LogP contribution in [-0.2, 0) is 11.2 Å². The van der Waals surface area contributed by atoms with Gasteiger partial charge >= 0.3 is 0 Å². The topological polar surface area (TPSA) is 93.0 Å². The zero-order valence-corrected chi connectivity index (χ0v) is 15.9. The number of anilines is 2. The fraction of sp³-hybridized carbons (Fsp3) is 0.286. The Morgan fingerprint density at radius 1 is 1.11 bits per heavy atom. The van der Waals surface area contributed by atoms with Crippen LogP contribution >= 0.6 is 0 Å². The Bertz CT molecular complexity index is 1070. The van der Waals surface area contributed by atoms with Crippen LogP contribution in [0.15, 0.2) is 48.8 Å². The average Bonchev–Trinajstić information content (AvgIpc) is 3.22. The lowest BCUT2D eigenvalue weighted by molar-refractivity contribution is 0.122. The van der Waals surface area contributed by atoms with Crippen LogP contribution in [0.5, 0.6) is 0 Å². The minimum Gasteiger partial charge on any atom is -0.382 e. The SMILES string of the molecule is CCc1ccc2[nH]ccc2c1.Nc1cnc2ccc(N3CCOCC3)nc2n1. The molecule has 0 radical (unpaired) electrons. The van der Waals surface area contributed by atoms with Crippen molar-refractivity contribution in [2.75, 3.05) is 36.9 Å². The van der Waals surface area contributed by atoms with Gasteiger partial charge in [-0.25, -0.2) is 15.0 Å². The number of morpholine rings is 1. The first-order valence-electron chi connectivity index (χ1n) is 9.51. The molecule has 5 rings (SSSR count). The van der Waals surface area contributed by atoms with Crippen molar-refractivity contribution in [1.82, 2.24) is 19.9 Å². The van der Waals surface area contributed by atoms with E-state index in [2.05, 4.69) is 56.0 Å². The number of benzene rings is 1. The van der Waals surface area contributed by atoms with E-state index in [-0.39, 0.29) is 0 Å². The molecule has 0 amide bonds. The number of aromatic nitrogens is 4. The molecule has 0 aliphatic carbocycles. The predicted octanol–water partition coefficient (Wildman–Crippen LogP) is 3.17. The van der Waals surface area contributed by atoms with Gasteiger partial charge < -0.3 is 20.4 Å². The number of H-pyrrole nitrogens is 1. The van der Waals surface area contributed by atoms with E-state index < -0.39 is 0 Å². The van der Waals surface area contributed by atoms with E-state index in [1.165, 1.54) is 16.5 Å². The number of nitrogens with two attached hydrogens (primary N) is 1. The Hall–Kier alpha value is -3.19. The first kappa shape index (κ1) is 18.2. The molecule has 0 saturated carbocycles. The van der Waals surface area contributed by atoms with Gasteiger partial charge in [0.15, 0.2) is 5.65 Å². The molecule has 7 nitrogen and oxygen atoms in total. The summed E-state index contributed by atoms with van der Waals surface area (Å²) in [6.07, 6.45) is 4.63. The van der Waals surface area contributed by atoms with Crippen LogP contribution in [0.25, 0.3) is 22.1 Å². The lowest BCUT2D eigenvalue weighted by Gasteiger charge is -2.27.